The number of nitrogens with zero attached hydrogens (tertiary/aromatic N) is 1. The number of hydrogen-bond acceptors (Lipinski definition) is 1. The Morgan fingerprint density at radius 1 is 1.20 bits per heavy atom. The molecule has 1 heterocycles. The predicted octanol–water partition coefficient (Wildman–Crippen LogP) is 4.70. The second-order valence-electron chi connectivity index (χ2n) is 6.84. The van der Waals surface area contributed by atoms with Crippen LogP contribution in [0.25, 0.3) is 0 Å². The number of hydrogen-bond donors (Lipinski definition) is 1. The number of rotatable bonds is 3. The molecule has 1 N–H and O–H groups in total. The van der Waals surface area contributed by atoms with Gasteiger partial charge in [0.15, 0.2) is 0 Å². The van der Waals surface area contributed by atoms with Crippen LogP contribution >= 0.6 is 0 Å². The summed E-state index contributed by atoms with van der Waals surface area (Å²) in [6.45, 7) is 4.57. The summed E-state index contributed by atoms with van der Waals surface area (Å²) >= 11 is 0. The topological polar surface area (TPSA) is 25.2 Å². The Kier molecular flexibility index (Phi) is 4.21. The van der Waals surface area contributed by atoms with Crippen molar-refractivity contribution in [2.24, 2.45) is 5.92 Å². The fourth-order valence-corrected chi connectivity index (χ4v) is 4.61. The van der Waals surface area contributed by atoms with E-state index in [2.05, 4.69) is 24.5 Å². The van der Waals surface area contributed by atoms with Crippen LogP contribution in [0.15, 0.2) is 6.07 Å². The predicted molar refractivity (Wildman–Crippen MR) is 83.0 cm³/mol. The lowest BCUT2D eigenvalue weighted by Gasteiger charge is -2.34. The third-order valence-electron chi connectivity index (χ3n) is 5.56. The quantitative estimate of drug-likeness (QED) is 0.850. The highest BCUT2D eigenvalue weighted by Gasteiger charge is 2.30. The van der Waals surface area contributed by atoms with Crippen LogP contribution < -0.4 is 0 Å². The molecule has 1 aromatic rings. The molecule has 0 amide bonds. The van der Waals surface area contributed by atoms with Gasteiger partial charge in [0.1, 0.15) is 0 Å². The van der Waals surface area contributed by atoms with Crippen LogP contribution in [0.3, 0.4) is 0 Å². The van der Waals surface area contributed by atoms with Crippen molar-refractivity contribution in [3.8, 4) is 0 Å². The Labute approximate surface area is 123 Å². The maximum atomic E-state index is 10.3. The van der Waals surface area contributed by atoms with Crippen LogP contribution in [0.4, 0.5) is 0 Å². The lowest BCUT2D eigenvalue weighted by Crippen LogP contribution is -2.24. The summed E-state index contributed by atoms with van der Waals surface area (Å²) < 4.78 is 2.60. The van der Waals surface area contributed by atoms with E-state index in [0.29, 0.717) is 6.04 Å². The zero-order valence-electron chi connectivity index (χ0n) is 13.1. The fourth-order valence-electron chi connectivity index (χ4n) is 4.61. The first-order chi connectivity index (χ1) is 9.72. The lowest BCUT2D eigenvalue weighted by molar-refractivity contribution is 0.153. The molecule has 0 saturated heterocycles. The SMILES string of the molecule is CCC(C1CCCCC1)n1c(C)cc2c1CCCC2O. The summed E-state index contributed by atoms with van der Waals surface area (Å²) in [6, 6.07) is 2.91. The Morgan fingerprint density at radius 2 is 1.95 bits per heavy atom. The molecule has 0 aliphatic heterocycles. The third kappa shape index (κ3) is 2.43. The molecule has 2 heteroatoms. The van der Waals surface area contributed by atoms with Crippen LogP contribution in [0.2, 0.25) is 0 Å². The molecule has 0 spiro atoms. The van der Waals surface area contributed by atoms with Crippen molar-refractivity contribution in [3.05, 3.63) is 23.0 Å². The van der Waals surface area contributed by atoms with Gasteiger partial charge in [-0.05, 0) is 57.4 Å². The van der Waals surface area contributed by atoms with E-state index in [1.54, 1.807) is 0 Å². The Hall–Kier alpha value is -0.760. The highest BCUT2D eigenvalue weighted by Crippen LogP contribution is 2.40. The van der Waals surface area contributed by atoms with Gasteiger partial charge in [0, 0.05) is 23.0 Å². The number of aliphatic hydroxyl groups excluding tert-OH is 1. The van der Waals surface area contributed by atoms with E-state index in [-0.39, 0.29) is 6.10 Å². The minimum Gasteiger partial charge on any atom is -0.388 e. The number of aromatic nitrogens is 1. The van der Waals surface area contributed by atoms with Crippen LogP contribution in [0.5, 0.6) is 0 Å². The van der Waals surface area contributed by atoms with E-state index in [4.69, 9.17) is 0 Å². The van der Waals surface area contributed by atoms with E-state index in [1.807, 2.05) is 0 Å². The number of aryl methyl sites for hydroxylation is 1. The van der Waals surface area contributed by atoms with Crippen molar-refractivity contribution in [3.63, 3.8) is 0 Å². The van der Waals surface area contributed by atoms with Gasteiger partial charge in [0.05, 0.1) is 6.10 Å². The number of fused-ring (bicyclic) bond motifs is 1. The van der Waals surface area contributed by atoms with Gasteiger partial charge in [-0.25, -0.2) is 0 Å². The highest BCUT2D eigenvalue weighted by molar-refractivity contribution is 5.32. The molecule has 3 rings (SSSR count). The smallest absolute Gasteiger partial charge is 0.0807 e. The van der Waals surface area contributed by atoms with Gasteiger partial charge < -0.3 is 9.67 Å². The largest absolute Gasteiger partial charge is 0.388 e. The molecule has 2 nitrogen and oxygen atoms in total. The first-order valence-electron chi connectivity index (χ1n) is 8.61. The Morgan fingerprint density at radius 3 is 2.65 bits per heavy atom. The summed E-state index contributed by atoms with van der Waals surface area (Å²) in [6.07, 6.45) is 11.3. The molecule has 0 bridgehead atoms. The Bertz CT molecular complexity index is 456. The standard InChI is InChI=1S/C18H29NO/c1-3-16(14-8-5-4-6-9-14)19-13(2)12-15-17(19)10-7-11-18(15)20/h12,14,16,18,20H,3-11H2,1-2H3. The van der Waals surface area contributed by atoms with Gasteiger partial charge in [-0.3, -0.25) is 0 Å². The molecule has 2 aliphatic rings. The summed E-state index contributed by atoms with van der Waals surface area (Å²) in [5.41, 5.74) is 4.04. The summed E-state index contributed by atoms with van der Waals surface area (Å²) in [5, 5.41) is 10.3. The zero-order valence-corrected chi connectivity index (χ0v) is 13.1. The molecule has 20 heavy (non-hydrogen) atoms. The van der Waals surface area contributed by atoms with Gasteiger partial charge in [-0.15, -0.1) is 0 Å². The second-order valence-corrected chi connectivity index (χ2v) is 6.84. The third-order valence-corrected chi connectivity index (χ3v) is 5.56. The van der Waals surface area contributed by atoms with Gasteiger partial charge in [-0.1, -0.05) is 26.2 Å². The Balaban J connectivity index is 1.95. The molecular formula is C18H29NO. The first kappa shape index (κ1) is 14.2. The minimum atomic E-state index is -0.220. The van der Waals surface area contributed by atoms with Crippen LogP contribution in [0, 0.1) is 12.8 Å². The summed E-state index contributed by atoms with van der Waals surface area (Å²) in [5.74, 6) is 0.850. The van der Waals surface area contributed by atoms with Crippen molar-refractivity contribution >= 4 is 0 Å². The molecule has 2 atom stereocenters. The normalized spacial score (nSPS) is 25.4. The van der Waals surface area contributed by atoms with Crippen molar-refractivity contribution < 1.29 is 5.11 Å². The maximum absolute atomic E-state index is 10.3. The second kappa shape index (κ2) is 5.93. The average Bonchev–Trinajstić information content (AvgIpc) is 2.80. The molecule has 1 fully saturated rings. The van der Waals surface area contributed by atoms with Crippen molar-refractivity contribution in [2.45, 2.75) is 83.8 Å². The molecule has 1 saturated carbocycles. The molecule has 0 aromatic carbocycles. The molecule has 2 unspecified atom stereocenters. The lowest BCUT2D eigenvalue weighted by atomic mass is 9.82. The van der Waals surface area contributed by atoms with Gasteiger partial charge in [0.2, 0.25) is 0 Å². The summed E-state index contributed by atoms with van der Waals surface area (Å²) in [7, 11) is 0. The average molecular weight is 275 g/mol. The molecular weight excluding hydrogens is 246 g/mol. The molecule has 0 radical (unpaired) electrons. The monoisotopic (exact) mass is 275 g/mol. The minimum absolute atomic E-state index is 0.220. The van der Waals surface area contributed by atoms with Gasteiger partial charge in [-0.2, -0.15) is 0 Å². The van der Waals surface area contributed by atoms with E-state index in [9.17, 15) is 5.11 Å². The fraction of sp³-hybridized carbons (Fsp3) is 0.778. The van der Waals surface area contributed by atoms with E-state index >= 15 is 0 Å². The summed E-state index contributed by atoms with van der Waals surface area (Å²) in [4.78, 5) is 0. The van der Waals surface area contributed by atoms with Crippen LogP contribution in [-0.4, -0.2) is 9.67 Å². The van der Waals surface area contributed by atoms with E-state index < -0.39 is 0 Å². The van der Waals surface area contributed by atoms with Crippen molar-refractivity contribution in [1.29, 1.82) is 0 Å². The zero-order chi connectivity index (χ0) is 14.1. The van der Waals surface area contributed by atoms with Crippen LogP contribution in [0.1, 0.15) is 87.4 Å². The molecule has 1 aromatic heterocycles. The van der Waals surface area contributed by atoms with Crippen LogP contribution in [-0.2, 0) is 6.42 Å². The van der Waals surface area contributed by atoms with Crippen molar-refractivity contribution in [1.82, 2.24) is 4.57 Å². The highest BCUT2D eigenvalue weighted by atomic mass is 16.3. The van der Waals surface area contributed by atoms with Crippen molar-refractivity contribution in [2.75, 3.05) is 0 Å². The molecule has 2 aliphatic carbocycles. The number of aliphatic hydroxyl groups is 1. The van der Waals surface area contributed by atoms with Gasteiger partial charge in [0.25, 0.3) is 0 Å². The van der Waals surface area contributed by atoms with E-state index in [1.165, 1.54) is 55.5 Å². The maximum Gasteiger partial charge on any atom is 0.0807 e. The van der Waals surface area contributed by atoms with Gasteiger partial charge >= 0.3 is 0 Å². The van der Waals surface area contributed by atoms with E-state index in [0.717, 1.165) is 25.2 Å². The molecule has 112 valence electrons. The first-order valence-corrected chi connectivity index (χ1v) is 8.61.